The first-order valence-corrected chi connectivity index (χ1v) is 4.98. The van der Waals surface area contributed by atoms with Crippen LogP contribution in [0.15, 0.2) is 36.1 Å². The van der Waals surface area contributed by atoms with Crippen LogP contribution in [-0.2, 0) is 0 Å². The Kier molecular flexibility index (Phi) is 4.32. The van der Waals surface area contributed by atoms with Crippen molar-refractivity contribution in [2.75, 3.05) is 13.1 Å². The third-order valence-electron chi connectivity index (χ3n) is 2.24. The lowest BCUT2D eigenvalue weighted by molar-refractivity contribution is 0.380. The Balaban J connectivity index is 2.53. The molecule has 0 aliphatic carbocycles. The number of hydrogen-bond acceptors (Lipinski definition) is 1. The van der Waals surface area contributed by atoms with Gasteiger partial charge in [-0.15, -0.1) is 12.8 Å². The summed E-state index contributed by atoms with van der Waals surface area (Å²) in [6.07, 6.45) is 18.2. The van der Waals surface area contributed by atoms with Crippen LogP contribution in [0.1, 0.15) is 12.8 Å². The SMILES string of the molecule is C#C/C=C\C(=C)CN1C=C(C#C)CCC1. The van der Waals surface area contributed by atoms with Gasteiger partial charge in [0.15, 0.2) is 0 Å². The smallest absolute Gasteiger partial charge is 0.0418 e. The second-order valence-electron chi connectivity index (χ2n) is 3.53. The summed E-state index contributed by atoms with van der Waals surface area (Å²) in [4.78, 5) is 2.18. The number of allylic oxidation sites excluding steroid dienone is 2. The zero-order valence-corrected chi connectivity index (χ0v) is 8.87. The van der Waals surface area contributed by atoms with Crippen molar-refractivity contribution in [3.05, 3.63) is 36.1 Å². The Morgan fingerprint density at radius 3 is 3.07 bits per heavy atom. The van der Waals surface area contributed by atoms with Gasteiger partial charge in [0.1, 0.15) is 0 Å². The summed E-state index contributed by atoms with van der Waals surface area (Å²) in [6, 6.07) is 0. The van der Waals surface area contributed by atoms with Crippen molar-refractivity contribution in [3.8, 4) is 24.7 Å². The molecule has 0 unspecified atom stereocenters. The van der Waals surface area contributed by atoms with Gasteiger partial charge in [-0.3, -0.25) is 0 Å². The molecule has 0 N–H and O–H groups in total. The van der Waals surface area contributed by atoms with E-state index in [1.807, 2.05) is 12.3 Å². The van der Waals surface area contributed by atoms with Gasteiger partial charge in [-0.05, 0) is 30.6 Å². The highest BCUT2D eigenvalue weighted by Crippen LogP contribution is 2.14. The van der Waals surface area contributed by atoms with E-state index < -0.39 is 0 Å². The molecule has 0 aromatic carbocycles. The average molecular weight is 197 g/mol. The summed E-state index contributed by atoms with van der Waals surface area (Å²) in [6.45, 7) is 5.76. The van der Waals surface area contributed by atoms with E-state index in [4.69, 9.17) is 12.8 Å². The van der Waals surface area contributed by atoms with E-state index in [-0.39, 0.29) is 0 Å². The van der Waals surface area contributed by atoms with Gasteiger partial charge in [-0.25, -0.2) is 0 Å². The van der Waals surface area contributed by atoms with Gasteiger partial charge in [0.2, 0.25) is 0 Å². The van der Waals surface area contributed by atoms with Crippen LogP contribution in [0.25, 0.3) is 0 Å². The first-order valence-electron chi connectivity index (χ1n) is 4.98. The highest BCUT2D eigenvalue weighted by atomic mass is 15.1. The molecule has 0 aromatic heterocycles. The predicted molar refractivity (Wildman–Crippen MR) is 64.8 cm³/mol. The molecule has 76 valence electrons. The Labute approximate surface area is 92.2 Å². The fraction of sp³-hybridized carbons (Fsp3) is 0.286. The van der Waals surface area contributed by atoms with Crippen molar-refractivity contribution < 1.29 is 0 Å². The van der Waals surface area contributed by atoms with Gasteiger partial charge >= 0.3 is 0 Å². The molecule has 0 saturated carbocycles. The van der Waals surface area contributed by atoms with Crippen LogP contribution in [0, 0.1) is 24.7 Å². The predicted octanol–water partition coefficient (Wildman–Crippen LogP) is 2.34. The van der Waals surface area contributed by atoms with E-state index in [0.717, 1.165) is 37.1 Å². The standard InChI is InChI=1S/C14H15N/c1-4-6-8-13(3)11-15-10-7-9-14(5-2)12-15/h1-2,6,8,12H,3,7,9-11H2/b8-6-. The molecule has 1 heterocycles. The lowest BCUT2D eigenvalue weighted by Gasteiger charge is -2.25. The molecule has 1 rings (SSSR count). The van der Waals surface area contributed by atoms with Crippen LogP contribution in [0.5, 0.6) is 0 Å². The topological polar surface area (TPSA) is 3.24 Å². The number of nitrogens with zero attached hydrogens (tertiary/aromatic N) is 1. The Hall–Kier alpha value is -1.86. The highest BCUT2D eigenvalue weighted by Gasteiger charge is 2.08. The molecule has 0 fully saturated rings. The van der Waals surface area contributed by atoms with Crippen LogP contribution in [0.4, 0.5) is 0 Å². The Morgan fingerprint density at radius 2 is 2.40 bits per heavy atom. The summed E-state index contributed by atoms with van der Waals surface area (Å²) in [5.41, 5.74) is 2.07. The second-order valence-corrected chi connectivity index (χ2v) is 3.53. The first kappa shape index (κ1) is 11.2. The summed E-state index contributed by atoms with van der Waals surface area (Å²) in [5.74, 6) is 5.14. The van der Waals surface area contributed by atoms with Gasteiger partial charge < -0.3 is 4.90 Å². The lowest BCUT2D eigenvalue weighted by Crippen LogP contribution is -2.24. The van der Waals surface area contributed by atoms with E-state index in [2.05, 4.69) is 23.3 Å². The maximum absolute atomic E-state index is 5.37. The minimum Gasteiger partial charge on any atom is -0.372 e. The van der Waals surface area contributed by atoms with Gasteiger partial charge in [-0.2, -0.15) is 0 Å². The normalized spacial score (nSPS) is 15.6. The van der Waals surface area contributed by atoms with E-state index in [1.54, 1.807) is 6.08 Å². The monoisotopic (exact) mass is 197 g/mol. The second kappa shape index (κ2) is 5.78. The fourth-order valence-corrected chi connectivity index (χ4v) is 1.54. The molecule has 0 saturated heterocycles. The molecule has 0 bridgehead atoms. The summed E-state index contributed by atoms with van der Waals surface area (Å²) in [7, 11) is 0. The van der Waals surface area contributed by atoms with Crippen molar-refractivity contribution in [2.45, 2.75) is 12.8 Å². The van der Waals surface area contributed by atoms with Crippen molar-refractivity contribution in [1.82, 2.24) is 4.90 Å². The molecule has 0 atom stereocenters. The molecule has 0 aromatic rings. The van der Waals surface area contributed by atoms with Crippen molar-refractivity contribution >= 4 is 0 Å². The molecule has 0 radical (unpaired) electrons. The molecular formula is C14H15N. The molecule has 15 heavy (non-hydrogen) atoms. The zero-order valence-electron chi connectivity index (χ0n) is 8.87. The number of rotatable bonds is 3. The Morgan fingerprint density at radius 1 is 1.60 bits per heavy atom. The van der Waals surface area contributed by atoms with Crippen molar-refractivity contribution in [3.63, 3.8) is 0 Å². The van der Waals surface area contributed by atoms with E-state index in [9.17, 15) is 0 Å². The minimum absolute atomic E-state index is 0.795. The summed E-state index contributed by atoms with van der Waals surface area (Å²) < 4.78 is 0. The minimum atomic E-state index is 0.795. The molecule has 1 aliphatic rings. The Bertz CT molecular complexity index is 371. The van der Waals surface area contributed by atoms with Gasteiger partial charge in [0.05, 0.1) is 0 Å². The van der Waals surface area contributed by atoms with Crippen molar-refractivity contribution in [2.24, 2.45) is 0 Å². The number of hydrogen-bond donors (Lipinski definition) is 0. The van der Waals surface area contributed by atoms with E-state index in [1.165, 1.54) is 0 Å². The highest BCUT2D eigenvalue weighted by molar-refractivity contribution is 5.28. The summed E-state index contributed by atoms with van der Waals surface area (Å²) >= 11 is 0. The quantitative estimate of drug-likeness (QED) is 0.496. The molecule has 0 amide bonds. The maximum atomic E-state index is 5.37. The maximum Gasteiger partial charge on any atom is 0.0418 e. The zero-order chi connectivity index (χ0) is 11.1. The number of terminal acetylenes is 2. The van der Waals surface area contributed by atoms with Crippen LogP contribution < -0.4 is 0 Å². The van der Waals surface area contributed by atoms with Crippen LogP contribution >= 0.6 is 0 Å². The van der Waals surface area contributed by atoms with Gasteiger partial charge in [0.25, 0.3) is 0 Å². The average Bonchev–Trinajstić information content (AvgIpc) is 2.26. The van der Waals surface area contributed by atoms with Crippen LogP contribution in [-0.4, -0.2) is 18.0 Å². The van der Waals surface area contributed by atoms with Gasteiger partial charge in [-0.1, -0.05) is 18.4 Å². The third kappa shape index (κ3) is 3.79. The molecular weight excluding hydrogens is 182 g/mol. The van der Waals surface area contributed by atoms with Crippen LogP contribution in [0.2, 0.25) is 0 Å². The largest absolute Gasteiger partial charge is 0.372 e. The molecule has 1 nitrogen and oxygen atoms in total. The fourth-order valence-electron chi connectivity index (χ4n) is 1.54. The molecule has 0 spiro atoms. The lowest BCUT2D eigenvalue weighted by atomic mass is 10.1. The van der Waals surface area contributed by atoms with Crippen LogP contribution in [0.3, 0.4) is 0 Å². The third-order valence-corrected chi connectivity index (χ3v) is 2.24. The molecule has 1 heteroatoms. The van der Waals surface area contributed by atoms with Crippen molar-refractivity contribution in [1.29, 1.82) is 0 Å². The molecule has 1 aliphatic heterocycles. The summed E-state index contributed by atoms with van der Waals surface area (Å²) in [5, 5.41) is 0. The van der Waals surface area contributed by atoms with E-state index in [0.29, 0.717) is 0 Å². The van der Waals surface area contributed by atoms with Gasteiger partial charge in [0, 0.05) is 24.9 Å². The van der Waals surface area contributed by atoms with E-state index >= 15 is 0 Å². The first-order chi connectivity index (χ1) is 7.26.